The molecule has 3 aromatic heterocycles. The van der Waals surface area contributed by atoms with Crippen LogP contribution in [-0.4, -0.2) is 18.6 Å². The number of hydrogen-bond donors (Lipinski definition) is 0. The van der Waals surface area contributed by atoms with E-state index in [1.165, 1.54) is 34.8 Å². The first-order valence-corrected chi connectivity index (χ1v) is 14.9. The molecule has 3 aromatic carbocycles. The molecule has 6 aromatic rings. The van der Waals surface area contributed by atoms with E-state index in [0.717, 1.165) is 68.2 Å². The molecule has 10 nitrogen and oxygen atoms in total. The van der Waals surface area contributed by atoms with Crippen molar-refractivity contribution in [3.63, 3.8) is 0 Å². The Labute approximate surface area is 249 Å². The second kappa shape index (κ2) is 10.0. The van der Waals surface area contributed by atoms with Crippen LogP contribution in [0.1, 0.15) is 0 Å². The van der Waals surface area contributed by atoms with Crippen LogP contribution in [0.4, 0.5) is 31.5 Å². The monoisotopic (exact) mass is 636 g/mol. The fourth-order valence-corrected chi connectivity index (χ4v) is 7.81. The Morgan fingerprint density at radius 2 is 1.05 bits per heavy atom. The van der Waals surface area contributed by atoms with Gasteiger partial charge in [0.25, 0.3) is 0 Å². The van der Waals surface area contributed by atoms with E-state index in [9.17, 15) is 29.0 Å². The summed E-state index contributed by atoms with van der Waals surface area (Å²) in [6, 6.07) is 14.9. The molecule has 16 heteroatoms. The summed E-state index contributed by atoms with van der Waals surface area (Å²) in [5.74, 6) is -1.83. The molecule has 206 valence electrons. The molecule has 42 heavy (non-hydrogen) atoms. The summed E-state index contributed by atoms with van der Waals surface area (Å²) < 4.78 is 46.9. The number of nitro benzene ring substituents is 2. The summed E-state index contributed by atoms with van der Waals surface area (Å²) >= 11 is 4.79. The summed E-state index contributed by atoms with van der Waals surface area (Å²) in [7, 11) is 0. The first kappa shape index (κ1) is 26.3. The lowest BCUT2D eigenvalue weighted by atomic mass is 10.0. The highest BCUT2D eigenvalue weighted by molar-refractivity contribution is 7.58. The number of nitrogens with zero attached hydrogens (tertiary/aromatic N) is 6. The number of fused-ring (bicyclic) bond motifs is 2. The van der Waals surface area contributed by atoms with Crippen LogP contribution in [0.2, 0.25) is 0 Å². The molecule has 0 spiro atoms. The minimum atomic E-state index is -0.916. The predicted molar refractivity (Wildman–Crippen MR) is 160 cm³/mol. The Hall–Kier alpha value is -4.64. The van der Waals surface area contributed by atoms with Crippen LogP contribution >= 0.6 is 34.4 Å². The zero-order chi connectivity index (χ0) is 29.1. The fourth-order valence-electron chi connectivity index (χ4n) is 4.60. The smallest absolute Gasteiger partial charge is 0.258 e. The van der Waals surface area contributed by atoms with Crippen LogP contribution in [0, 0.1) is 31.9 Å². The number of nitro groups is 2. The Morgan fingerprint density at radius 3 is 1.45 bits per heavy atom. The molecule has 0 radical (unpaired) electrons. The third-order valence-electron chi connectivity index (χ3n) is 6.49. The maximum atomic E-state index is 14.3. The van der Waals surface area contributed by atoms with E-state index in [1.54, 1.807) is 12.1 Å². The number of thiophene rings is 2. The molecule has 0 bridgehead atoms. The number of rotatable bonds is 6. The first-order valence-electron chi connectivity index (χ1n) is 11.8. The Bertz CT molecular complexity index is 2050. The molecule has 1 aliphatic rings. The highest BCUT2D eigenvalue weighted by atomic mass is 32.1. The van der Waals surface area contributed by atoms with Crippen molar-refractivity contribution < 1.29 is 18.6 Å². The van der Waals surface area contributed by atoms with Gasteiger partial charge in [0.2, 0.25) is 11.6 Å². The normalized spacial score (nSPS) is 12.0. The predicted octanol–water partition coefficient (Wildman–Crippen LogP) is 9.30. The van der Waals surface area contributed by atoms with E-state index in [0.29, 0.717) is 43.3 Å². The fraction of sp³-hybridized carbons (Fsp3) is 0. The van der Waals surface area contributed by atoms with Gasteiger partial charge in [0.15, 0.2) is 0 Å². The summed E-state index contributed by atoms with van der Waals surface area (Å²) in [5.41, 5.74) is 3.69. The van der Waals surface area contributed by atoms with Crippen molar-refractivity contribution in [2.24, 2.45) is 8.73 Å². The van der Waals surface area contributed by atoms with Gasteiger partial charge in [0.1, 0.15) is 22.4 Å². The molecule has 0 amide bonds. The molecule has 0 N–H and O–H groups in total. The molecule has 0 unspecified atom stereocenters. The van der Waals surface area contributed by atoms with Gasteiger partial charge in [-0.2, -0.15) is 26.3 Å². The van der Waals surface area contributed by atoms with Crippen molar-refractivity contribution in [2.75, 3.05) is 0 Å². The third kappa shape index (κ3) is 4.23. The maximum Gasteiger partial charge on any atom is 0.304 e. The van der Waals surface area contributed by atoms with E-state index < -0.39 is 32.9 Å². The van der Waals surface area contributed by atoms with Gasteiger partial charge < -0.3 is 0 Å². The van der Waals surface area contributed by atoms with Crippen LogP contribution in [0.25, 0.3) is 52.8 Å². The van der Waals surface area contributed by atoms with Crippen molar-refractivity contribution in [1.29, 1.82) is 0 Å². The van der Waals surface area contributed by atoms with E-state index in [1.807, 2.05) is 12.1 Å². The second-order valence-electron chi connectivity index (χ2n) is 8.85. The topological polar surface area (TPSA) is 137 Å². The lowest BCUT2D eigenvalue weighted by molar-refractivity contribution is -0.387. The van der Waals surface area contributed by atoms with E-state index >= 15 is 0 Å². The maximum absolute atomic E-state index is 14.3. The van der Waals surface area contributed by atoms with Gasteiger partial charge >= 0.3 is 11.4 Å². The highest BCUT2D eigenvalue weighted by Crippen LogP contribution is 2.54. The lowest BCUT2D eigenvalue weighted by Gasteiger charge is -2.09. The molecular formula is C26H10F2N6O4S4. The highest BCUT2D eigenvalue weighted by Gasteiger charge is 2.28. The minimum absolute atomic E-state index is 0.500. The van der Waals surface area contributed by atoms with Gasteiger partial charge in [-0.25, -0.2) is 0 Å². The Balaban J connectivity index is 1.32. The molecule has 0 saturated heterocycles. The SMILES string of the molecule is O=[N+]([O-])c1ccc(-c2ccc(-c3c4c(c(-c5ccc(-c6ccc([N+](=O)[O-])c(F)c6)s5)c5nsnc35)N=S=N4)s2)cc1F. The van der Waals surface area contributed by atoms with Gasteiger partial charge in [0, 0.05) is 42.8 Å². The minimum Gasteiger partial charge on any atom is -0.258 e. The zero-order valence-electron chi connectivity index (χ0n) is 20.5. The summed E-state index contributed by atoms with van der Waals surface area (Å²) in [4.78, 5) is 23.5. The van der Waals surface area contributed by atoms with Crippen LogP contribution in [0.5, 0.6) is 0 Å². The van der Waals surface area contributed by atoms with Crippen LogP contribution in [0.3, 0.4) is 0 Å². The van der Waals surface area contributed by atoms with Crippen molar-refractivity contribution in [3.05, 3.63) is 92.5 Å². The number of halogens is 2. The van der Waals surface area contributed by atoms with Crippen LogP contribution in [0.15, 0.2) is 69.4 Å². The molecule has 0 fully saturated rings. The number of hydrogen-bond acceptors (Lipinski definition) is 11. The van der Waals surface area contributed by atoms with Gasteiger partial charge in [-0.1, -0.05) is 0 Å². The van der Waals surface area contributed by atoms with Gasteiger partial charge in [-0.05, 0) is 59.7 Å². The molecule has 7 rings (SSSR count). The molecule has 0 atom stereocenters. The van der Waals surface area contributed by atoms with Crippen molar-refractivity contribution in [1.82, 2.24) is 8.75 Å². The molecule has 4 heterocycles. The van der Waals surface area contributed by atoms with Crippen LogP contribution in [-0.2, 0) is 11.4 Å². The average molecular weight is 637 g/mol. The quantitative estimate of drug-likeness (QED) is 0.132. The first-order chi connectivity index (χ1) is 20.3. The third-order valence-corrected chi connectivity index (χ3v) is 9.85. The lowest BCUT2D eigenvalue weighted by Crippen LogP contribution is -1.92. The molecule has 0 aliphatic carbocycles. The number of benzene rings is 3. The van der Waals surface area contributed by atoms with E-state index in [-0.39, 0.29) is 0 Å². The molecular weight excluding hydrogens is 627 g/mol. The number of aromatic nitrogens is 2. The van der Waals surface area contributed by atoms with Gasteiger partial charge in [-0.15, -0.1) is 22.7 Å². The summed E-state index contributed by atoms with van der Waals surface area (Å²) in [5, 5.41) is 22.0. The van der Waals surface area contributed by atoms with E-state index in [2.05, 4.69) is 17.5 Å². The summed E-state index contributed by atoms with van der Waals surface area (Å²) in [6.07, 6.45) is 0. The zero-order valence-corrected chi connectivity index (χ0v) is 23.7. The molecule has 1 aliphatic heterocycles. The largest absolute Gasteiger partial charge is 0.304 e. The Kier molecular flexibility index (Phi) is 6.27. The van der Waals surface area contributed by atoms with Gasteiger partial charge in [-0.3, -0.25) is 20.2 Å². The summed E-state index contributed by atoms with van der Waals surface area (Å²) in [6.45, 7) is 0. The standard InChI is InChI=1S/C26H10F2N6O4S4/c27-13-9-11(1-3-15(13)33(35)36)17-5-7-19(39-17)21-23-25(31-41-29-23)22(26-24(21)30-42-32-26)20-8-6-18(40-20)12-2-4-16(34(37)38)14(28)10-12/h1-10H. The Morgan fingerprint density at radius 1 is 0.619 bits per heavy atom. The van der Waals surface area contributed by atoms with Crippen LogP contribution < -0.4 is 0 Å². The molecule has 0 saturated carbocycles. The average Bonchev–Trinajstić information content (AvgIpc) is 3.78. The van der Waals surface area contributed by atoms with Crippen molar-refractivity contribution in [3.8, 4) is 41.8 Å². The van der Waals surface area contributed by atoms with E-state index in [4.69, 9.17) is 0 Å². The van der Waals surface area contributed by atoms with Gasteiger partial charge in [0.05, 0.1) is 32.9 Å². The second-order valence-corrected chi connectivity index (χ2v) is 12.1. The van der Waals surface area contributed by atoms with Crippen molar-refractivity contribution >= 4 is 79.5 Å². The van der Waals surface area contributed by atoms with Crippen molar-refractivity contribution in [2.45, 2.75) is 0 Å².